The summed E-state index contributed by atoms with van der Waals surface area (Å²) in [5, 5.41) is 3.10. The molecule has 116 valence electrons. The summed E-state index contributed by atoms with van der Waals surface area (Å²) in [5.41, 5.74) is 6.24. The zero-order valence-electron chi connectivity index (χ0n) is 11.3. The number of benzene rings is 1. The maximum absolute atomic E-state index is 12.3. The Labute approximate surface area is 126 Å². The van der Waals surface area contributed by atoms with Gasteiger partial charge < -0.3 is 10.1 Å². The summed E-state index contributed by atoms with van der Waals surface area (Å²) >= 11 is 5.84. The van der Waals surface area contributed by atoms with Crippen molar-refractivity contribution in [2.75, 3.05) is 6.54 Å². The lowest BCUT2D eigenvalue weighted by molar-refractivity contribution is -0.124. The van der Waals surface area contributed by atoms with Gasteiger partial charge in [-0.1, -0.05) is 11.6 Å². The van der Waals surface area contributed by atoms with E-state index in [4.69, 9.17) is 11.6 Å². The van der Waals surface area contributed by atoms with Crippen molar-refractivity contribution >= 4 is 17.5 Å². The molecule has 5 nitrogen and oxygen atoms in total. The van der Waals surface area contributed by atoms with Gasteiger partial charge in [0.2, 0.25) is 5.91 Å². The highest BCUT2D eigenvalue weighted by Gasteiger charge is 2.29. The Bertz CT molecular complexity index is 516. The Morgan fingerprint density at radius 1 is 1.57 bits per heavy atom. The van der Waals surface area contributed by atoms with Crippen LogP contribution in [0.15, 0.2) is 18.2 Å². The molecule has 1 aromatic carbocycles. The predicted molar refractivity (Wildman–Crippen MR) is 74.0 cm³/mol. The van der Waals surface area contributed by atoms with Crippen LogP contribution in [0.5, 0.6) is 5.75 Å². The van der Waals surface area contributed by atoms with Crippen molar-refractivity contribution in [3.05, 3.63) is 28.8 Å². The van der Waals surface area contributed by atoms with Gasteiger partial charge in [0.1, 0.15) is 5.75 Å². The van der Waals surface area contributed by atoms with Crippen LogP contribution in [0, 0.1) is 5.92 Å². The fraction of sp³-hybridized carbons (Fsp3) is 0.462. The molecule has 3 N–H and O–H groups in total. The Balaban J connectivity index is 2.01. The molecule has 0 aromatic heterocycles. The van der Waals surface area contributed by atoms with Crippen molar-refractivity contribution in [3.63, 3.8) is 0 Å². The van der Waals surface area contributed by atoms with Crippen LogP contribution in [0.2, 0.25) is 5.02 Å². The lowest BCUT2D eigenvalue weighted by atomic mass is 10.0. The molecule has 0 aliphatic carbocycles. The molecule has 21 heavy (non-hydrogen) atoms. The van der Waals surface area contributed by atoms with Gasteiger partial charge in [0.05, 0.1) is 5.92 Å². The molecule has 1 heterocycles. The summed E-state index contributed by atoms with van der Waals surface area (Å²) in [7, 11) is 0. The third-order valence-corrected chi connectivity index (χ3v) is 3.52. The number of hydrogen-bond donors (Lipinski definition) is 3. The molecular weight excluding hydrogens is 304 g/mol. The first-order valence-corrected chi connectivity index (χ1v) is 6.84. The van der Waals surface area contributed by atoms with Gasteiger partial charge in [-0.15, -0.1) is 0 Å². The van der Waals surface area contributed by atoms with Crippen molar-refractivity contribution in [1.29, 1.82) is 0 Å². The molecule has 1 aromatic rings. The highest BCUT2D eigenvalue weighted by atomic mass is 35.5. The van der Waals surface area contributed by atoms with Crippen LogP contribution < -0.4 is 20.9 Å². The summed E-state index contributed by atoms with van der Waals surface area (Å²) in [4.78, 5) is 12.0. The average molecular weight is 320 g/mol. The second-order valence-corrected chi connectivity index (χ2v) is 5.21. The Morgan fingerprint density at radius 2 is 2.33 bits per heavy atom. The molecule has 0 bridgehead atoms. The average Bonchev–Trinajstić information content (AvgIpc) is 2.84. The van der Waals surface area contributed by atoms with Gasteiger partial charge in [-0.2, -0.15) is 8.78 Å². The fourth-order valence-electron chi connectivity index (χ4n) is 2.14. The molecule has 1 fully saturated rings. The zero-order chi connectivity index (χ0) is 15.4. The van der Waals surface area contributed by atoms with Crippen LogP contribution in [0.3, 0.4) is 0 Å². The summed E-state index contributed by atoms with van der Waals surface area (Å²) in [5.74, 6) is -0.378. The predicted octanol–water partition coefficient (Wildman–Crippen LogP) is 1.67. The van der Waals surface area contributed by atoms with Crippen molar-refractivity contribution < 1.29 is 18.3 Å². The number of nitrogens with one attached hydrogen (secondary N) is 3. The lowest BCUT2D eigenvalue weighted by Gasteiger charge is -2.15. The summed E-state index contributed by atoms with van der Waals surface area (Å²) in [6, 6.07) is 4.31. The number of carbonyl (C=O) groups is 1. The first-order chi connectivity index (χ1) is 9.97. The second-order valence-electron chi connectivity index (χ2n) is 4.77. The monoisotopic (exact) mass is 319 g/mol. The maximum atomic E-state index is 12.3. The summed E-state index contributed by atoms with van der Waals surface area (Å²) in [6.45, 7) is -0.452. The van der Waals surface area contributed by atoms with Gasteiger partial charge in [-0.05, 0) is 25.1 Å². The first kappa shape index (κ1) is 15.9. The minimum atomic E-state index is -2.93. The quantitative estimate of drug-likeness (QED) is 0.772. The van der Waals surface area contributed by atoms with E-state index in [1.54, 1.807) is 0 Å². The molecule has 1 amide bonds. The standard InChI is InChI=1S/C13H16ClF2N3O2/c1-7-10(6-18-19-7)12(20)17-5-8-4-9(14)2-3-11(8)21-13(15)16/h2-4,7,10,13,18-19H,5-6H2,1H3,(H,17,20). The third kappa shape index (κ3) is 4.26. The molecule has 1 saturated heterocycles. The van der Waals surface area contributed by atoms with Gasteiger partial charge in [0.25, 0.3) is 0 Å². The molecule has 8 heteroatoms. The first-order valence-electron chi connectivity index (χ1n) is 6.46. The molecule has 2 rings (SSSR count). The van der Waals surface area contributed by atoms with E-state index in [1.165, 1.54) is 18.2 Å². The highest BCUT2D eigenvalue weighted by molar-refractivity contribution is 6.30. The van der Waals surface area contributed by atoms with Crippen LogP contribution in [0.4, 0.5) is 8.78 Å². The van der Waals surface area contributed by atoms with Gasteiger partial charge >= 0.3 is 6.61 Å². The Morgan fingerprint density at radius 3 is 2.95 bits per heavy atom. The Hall–Kier alpha value is -1.44. The Kier molecular flexibility index (Phi) is 5.33. The number of ether oxygens (including phenoxy) is 1. The van der Waals surface area contributed by atoms with E-state index in [2.05, 4.69) is 20.9 Å². The van der Waals surface area contributed by atoms with Crippen molar-refractivity contribution in [1.82, 2.24) is 16.2 Å². The number of hydrogen-bond acceptors (Lipinski definition) is 4. The molecular formula is C13H16ClF2N3O2. The van der Waals surface area contributed by atoms with E-state index in [1.807, 2.05) is 6.92 Å². The minimum absolute atomic E-state index is 0.00106. The molecule has 2 unspecified atom stereocenters. The molecule has 0 saturated carbocycles. The van der Waals surface area contributed by atoms with E-state index < -0.39 is 6.61 Å². The number of alkyl halides is 2. The van der Waals surface area contributed by atoms with E-state index in [-0.39, 0.29) is 30.2 Å². The molecule has 1 aliphatic heterocycles. The fourth-order valence-corrected chi connectivity index (χ4v) is 2.33. The zero-order valence-corrected chi connectivity index (χ0v) is 12.1. The van der Waals surface area contributed by atoms with E-state index >= 15 is 0 Å². The third-order valence-electron chi connectivity index (χ3n) is 3.28. The summed E-state index contributed by atoms with van der Waals surface area (Å²) in [6.07, 6.45) is 0. The minimum Gasteiger partial charge on any atom is -0.434 e. The normalized spacial score (nSPS) is 21.6. The number of carbonyl (C=O) groups excluding carboxylic acids is 1. The van der Waals surface area contributed by atoms with Crippen LogP contribution in [0.25, 0.3) is 0 Å². The summed E-state index contributed by atoms with van der Waals surface area (Å²) < 4.78 is 29.1. The molecule has 2 atom stereocenters. The topological polar surface area (TPSA) is 62.4 Å². The van der Waals surface area contributed by atoms with Crippen LogP contribution in [-0.4, -0.2) is 25.1 Å². The number of halogens is 3. The van der Waals surface area contributed by atoms with Crippen LogP contribution in [0.1, 0.15) is 12.5 Å². The van der Waals surface area contributed by atoms with Gasteiger partial charge in [-0.25, -0.2) is 0 Å². The van der Waals surface area contributed by atoms with Crippen molar-refractivity contribution in [2.45, 2.75) is 26.1 Å². The van der Waals surface area contributed by atoms with E-state index in [0.717, 1.165) is 0 Å². The second kappa shape index (κ2) is 7.02. The van der Waals surface area contributed by atoms with Crippen molar-refractivity contribution in [3.8, 4) is 5.75 Å². The highest BCUT2D eigenvalue weighted by Crippen LogP contribution is 2.24. The largest absolute Gasteiger partial charge is 0.434 e. The van der Waals surface area contributed by atoms with E-state index in [9.17, 15) is 13.6 Å². The SMILES string of the molecule is CC1NNCC1C(=O)NCc1cc(Cl)ccc1OC(F)F. The maximum Gasteiger partial charge on any atom is 0.387 e. The van der Waals surface area contributed by atoms with E-state index in [0.29, 0.717) is 17.1 Å². The molecule has 1 aliphatic rings. The number of amides is 1. The lowest BCUT2D eigenvalue weighted by Crippen LogP contribution is -2.37. The van der Waals surface area contributed by atoms with Crippen LogP contribution >= 0.6 is 11.6 Å². The van der Waals surface area contributed by atoms with Crippen LogP contribution in [-0.2, 0) is 11.3 Å². The number of rotatable bonds is 5. The van der Waals surface area contributed by atoms with Crippen molar-refractivity contribution in [2.24, 2.45) is 5.92 Å². The molecule has 0 spiro atoms. The smallest absolute Gasteiger partial charge is 0.387 e. The number of hydrazine groups is 1. The van der Waals surface area contributed by atoms with Gasteiger partial charge in [0, 0.05) is 29.7 Å². The van der Waals surface area contributed by atoms with Gasteiger partial charge in [-0.3, -0.25) is 15.6 Å². The van der Waals surface area contributed by atoms with Gasteiger partial charge in [0.15, 0.2) is 0 Å². The molecule has 0 radical (unpaired) electrons.